The lowest BCUT2D eigenvalue weighted by Gasteiger charge is -2.32. The molecular formula is C13H17N3O5. The lowest BCUT2D eigenvalue weighted by atomic mass is 10.0. The van der Waals surface area contributed by atoms with Crippen LogP contribution >= 0.6 is 0 Å². The minimum absolute atomic E-state index is 0.164. The number of nitrogens with zero attached hydrogens (tertiary/aromatic N) is 2. The number of carbonyl (C=O) groups excluding carboxylic acids is 3. The molecule has 1 N–H and O–H groups in total. The van der Waals surface area contributed by atoms with E-state index >= 15 is 0 Å². The highest BCUT2D eigenvalue weighted by Crippen LogP contribution is 2.19. The van der Waals surface area contributed by atoms with Crippen LogP contribution in [-0.2, 0) is 19.1 Å². The Morgan fingerprint density at radius 1 is 1.43 bits per heavy atom. The van der Waals surface area contributed by atoms with Crippen LogP contribution in [-0.4, -0.2) is 47.5 Å². The minimum Gasteiger partial charge on any atom is -0.467 e. The standard InChI is InChI=1S/C13H17N3O5/c1-8-7-10(15-21-8)14-11(17)12(18)16-6-4-3-5-9(16)13(19)20-2/h7,9H,3-6H2,1-2H3,(H,14,15,17)/t9-/m0/s1. The summed E-state index contributed by atoms with van der Waals surface area (Å²) in [5, 5.41) is 5.93. The van der Waals surface area contributed by atoms with Gasteiger partial charge in [0, 0.05) is 12.6 Å². The number of aryl methyl sites for hydroxylation is 1. The van der Waals surface area contributed by atoms with Crippen LogP contribution in [0.25, 0.3) is 0 Å². The van der Waals surface area contributed by atoms with E-state index in [0.717, 1.165) is 12.8 Å². The Labute approximate surface area is 121 Å². The first-order valence-electron chi connectivity index (χ1n) is 6.66. The Bertz CT molecular complexity index is 554. The normalized spacial score (nSPS) is 18.2. The molecule has 1 aliphatic rings. The summed E-state index contributed by atoms with van der Waals surface area (Å²) < 4.78 is 9.48. The first-order chi connectivity index (χ1) is 10.0. The number of nitrogens with one attached hydrogen (secondary N) is 1. The highest BCUT2D eigenvalue weighted by atomic mass is 16.5. The smallest absolute Gasteiger partial charge is 0.328 e. The van der Waals surface area contributed by atoms with Gasteiger partial charge < -0.3 is 14.2 Å². The van der Waals surface area contributed by atoms with Crippen LogP contribution in [0.2, 0.25) is 0 Å². The third-order valence-corrected chi connectivity index (χ3v) is 3.30. The van der Waals surface area contributed by atoms with Crippen molar-refractivity contribution >= 4 is 23.6 Å². The molecule has 1 atom stereocenters. The van der Waals surface area contributed by atoms with Gasteiger partial charge in [-0.1, -0.05) is 5.16 Å². The SMILES string of the molecule is COC(=O)[C@@H]1CCCCN1C(=O)C(=O)Nc1cc(C)on1. The van der Waals surface area contributed by atoms with Crippen LogP contribution < -0.4 is 5.32 Å². The predicted octanol–water partition coefficient (Wildman–Crippen LogP) is 0.476. The summed E-state index contributed by atoms with van der Waals surface area (Å²) in [6, 6.07) is 0.792. The van der Waals surface area contributed by atoms with Crippen molar-refractivity contribution in [2.24, 2.45) is 0 Å². The summed E-state index contributed by atoms with van der Waals surface area (Å²) in [6.45, 7) is 2.02. The quantitative estimate of drug-likeness (QED) is 0.629. The zero-order chi connectivity index (χ0) is 15.4. The molecule has 8 nitrogen and oxygen atoms in total. The maximum atomic E-state index is 12.2. The molecule has 114 valence electrons. The van der Waals surface area contributed by atoms with E-state index in [1.165, 1.54) is 18.1 Å². The molecule has 2 rings (SSSR count). The molecule has 8 heteroatoms. The Morgan fingerprint density at radius 3 is 2.81 bits per heavy atom. The number of carbonyl (C=O) groups is 3. The number of methoxy groups -OCH3 is 1. The molecule has 1 aromatic rings. The number of rotatable bonds is 2. The van der Waals surface area contributed by atoms with Gasteiger partial charge >= 0.3 is 17.8 Å². The van der Waals surface area contributed by atoms with Crippen molar-refractivity contribution < 1.29 is 23.6 Å². The van der Waals surface area contributed by atoms with Crippen LogP contribution in [0.3, 0.4) is 0 Å². The molecule has 1 aliphatic heterocycles. The second-order valence-corrected chi connectivity index (χ2v) is 4.81. The molecule has 0 saturated carbocycles. The number of piperidine rings is 1. The molecule has 0 radical (unpaired) electrons. The molecule has 0 aliphatic carbocycles. The predicted molar refractivity (Wildman–Crippen MR) is 71.2 cm³/mol. The second kappa shape index (κ2) is 6.38. The van der Waals surface area contributed by atoms with Gasteiger partial charge in [-0.05, 0) is 26.2 Å². The summed E-state index contributed by atoms with van der Waals surface area (Å²) >= 11 is 0. The summed E-state index contributed by atoms with van der Waals surface area (Å²) in [6.07, 6.45) is 2.05. The molecule has 2 amide bonds. The minimum atomic E-state index is -0.848. The van der Waals surface area contributed by atoms with Crippen molar-refractivity contribution in [3.63, 3.8) is 0 Å². The first-order valence-corrected chi connectivity index (χ1v) is 6.66. The van der Waals surface area contributed by atoms with Crippen LogP contribution in [0.4, 0.5) is 5.82 Å². The molecule has 21 heavy (non-hydrogen) atoms. The summed E-state index contributed by atoms with van der Waals surface area (Å²) in [5.74, 6) is -1.45. The second-order valence-electron chi connectivity index (χ2n) is 4.81. The van der Waals surface area contributed by atoms with Gasteiger partial charge in [-0.25, -0.2) is 4.79 Å². The third-order valence-electron chi connectivity index (χ3n) is 3.30. The van der Waals surface area contributed by atoms with Crippen molar-refractivity contribution in [2.45, 2.75) is 32.2 Å². The third kappa shape index (κ3) is 3.39. The number of hydrogen-bond acceptors (Lipinski definition) is 6. The van der Waals surface area contributed by atoms with E-state index in [4.69, 9.17) is 4.52 Å². The lowest BCUT2D eigenvalue weighted by molar-refractivity contribution is -0.156. The highest BCUT2D eigenvalue weighted by molar-refractivity contribution is 6.39. The van der Waals surface area contributed by atoms with E-state index in [0.29, 0.717) is 18.7 Å². The molecule has 1 fully saturated rings. The number of likely N-dealkylation sites (tertiary alicyclic amines) is 1. The fraction of sp³-hybridized carbons (Fsp3) is 0.538. The van der Waals surface area contributed by atoms with Crippen LogP contribution in [0.15, 0.2) is 10.6 Å². The van der Waals surface area contributed by atoms with Crippen LogP contribution in [0.5, 0.6) is 0 Å². The number of amides is 2. The molecule has 1 aromatic heterocycles. The fourth-order valence-corrected chi connectivity index (χ4v) is 2.28. The average molecular weight is 295 g/mol. The first kappa shape index (κ1) is 15.0. The summed E-state index contributed by atoms with van der Waals surface area (Å²) in [5.41, 5.74) is 0. The number of esters is 1. The zero-order valence-corrected chi connectivity index (χ0v) is 11.9. The van der Waals surface area contributed by atoms with E-state index < -0.39 is 23.8 Å². The van der Waals surface area contributed by atoms with Gasteiger partial charge in [0.25, 0.3) is 0 Å². The number of hydrogen-bond donors (Lipinski definition) is 1. The Hall–Kier alpha value is -2.38. The molecule has 1 saturated heterocycles. The zero-order valence-electron chi connectivity index (χ0n) is 11.9. The Balaban J connectivity index is 2.05. The largest absolute Gasteiger partial charge is 0.467 e. The van der Waals surface area contributed by atoms with Gasteiger partial charge in [-0.2, -0.15) is 0 Å². The number of ether oxygens (including phenoxy) is 1. The van der Waals surface area contributed by atoms with Gasteiger partial charge in [0.2, 0.25) is 0 Å². The molecule has 0 unspecified atom stereocenters. The number of aromatic nitrogens is 1. The number of anilines is 1. The van der Waals surface area contributed by atoms with E-state index in [-0.39, 0.29) is 5.82 Å². The molecule has 0 spiro atoms. The Kier molecular flexibility index (Phi) is 4.56. The van der Waals surface area contributed by atoms with Crippen LogP contribution in [0, 0.1) is 6.92 Å². The summed E-state index contributed by atoms with van der Waals surface area (Å²) in [7, 11) is 1.26. The molecule has 2 heterocycles. The van der Waals surface area contributed by atoms with Gasteiger partial charge in [0.05, 0.1) is 7.11 Å². The lowest BCUT2D eigenvalue weighted by Crippen LogP contribution is -2.52. The summed E-state index contributed by atoms with van der Waals surface area (Å²) in [4.78, 5) is 37.1. The van der Waals surface area contributed by atoms with Crippen molar-refractivity contribution in [2.75, 3.05) is 19.0 Å². The van der Waals surface area contributed by atoms with Crippen molar-refractivity contribution in [3.8, 4) is 0 Å². The van der Waals surface area contributed by atoms with Gasteiger partial charge in [-0.15, -0.1) is 0 Å². The molecule has 0 aromatic carbocycles. The maximum absolute atomic E-state index is 12.2. The van der Waals surface area contributed by atoms with Crippen molar-refractivity contribution in [1.82, 2.24) is 10.1 Å². The fourth-order valence-electron chi connectivity index (χ4n) is 2.28. The van der Waals surface area contributed by atoms with E-state index in [1.54, 1.807) is 6.92 Å². The Morgan fingerprint density at radius 2 is 2.19 bits per heavy atom. The van der Waals surface area contributed by atoms with Crippen molar-refractivity contribution in [3.05, 3.63) is 11.8 Å². The maximum Gasteiger partial charge on any atom is 0.328 e. The van der Waals surface area contributed by atoms with Gasteiger partial charge in [-0.3, -0.25) is 14.9 Å². The van der Waals surface area contributed by atoms with Crippen molar-refractivity contribution in [1.29, 1.82) is 0 Å². The topological polar surface area (TPSA) is 102 Å². The monoisotopic (exact) mass is 295 g/mol. The van der Waals surface area contributed by atoms with E-state index in [2.05, 4.69) is 15.2 Å². The average Bonchev–Trinajstić information content (AvgIpc) is 2.90. The molecule has 0 bridgehead atoms. The van der Waals surface area contributed by atoms with Crippen LogP contribution in [0.1, 0.15) is 25.0 Å². The highest BCUT2D eigenvalue weighted by Gasteiger charge is 2.35. The van der Waals surface area contributed by atoms with Gasteiger partial charge in [0.15, 0.2) is 5.82 Å². The molecular weight excluding hydrogens is 278 g/mol. The van der Waals surface area contributed by atoms with Gasteiger partial charge in [0.1, 0.15) is 11.8 Å². The van der Waals surface area contributed by atoms with E-state index in [1.807, 2.05) is 0 Å². The van der Waals surface area contributed by atoms with E-state index in [9.17, 15) is 14.4 Å².